The molecule has 1 amide bonds. The highest BCUT2D eigenvalue weighted by molar-refractivity contribution is 5.93. The lowest BCUT2D eigenvalue weighted by Gasteiger charge is -2.01. The molecule has 1 N–H and O–H groups in total. The van der Waals surface area contributed by atoms with Gasteiger partial charge in [0, 0.05) is 18.2 Å². The van der Waals surface area contributed by atoms with Crippen LogP contribution in [0.2, 0.25) is 0 Å². The molecule has 0 bridgehead atoms. The molecular weight excluding hydrogens is 289 g/mol. The fourth-order valence-electron chi connectivity index (χ4n) is 1.85. The number of benzene rings is 1. The van der Waals surface area contributed by atoms with Gasteiger partial charge in [-0.1, -0.05) is 5.16 Å². The Hall–Kier alpha value is -3.03. The van der Waals surface area contributed by atoms with Crippen molar-refractivity contribution in [2.24, 2.45) is 0 Å². The van der Waals surface area contributed by atoms with Crippen LogP contribution in [0.25, 0.3) is 11.3 Å². The fraction of sp³-hybridized carbons (Fsp3) is 0.143. The van der Waals surface area contributed by atoms with E-state index in [4.69, 9.17) is 4.52 Å². The third-order valence-corrected chi connectivity index (χ3v) is 2.94. The van der Waals surface area contributed by atoms with Crippen LogP contribution in [0.3, 0.4) is 0 Å². The Morgan fingerprint density at radius 3 is 2.68 bits per heavy atom. The first-order valence-corrected chi connectivity index (χ1v) is 6.57. The maximum Gasteiger partial charge on any atom is 0.273 e. The summed E-state index contributed by atoms with van der Waals surface area (Å²) in [5, 5.41) is 14.3. The van der Waals surface area contributed by atoms with E-state index in [0.717, 1.165) is 0 Å². The van der Waals surface area contributed by atoms with E-state index in [1.54, 1.807) is 24.5 Å². The van der Waals surface area contributed by atoms with Crippen LogP contribution in [0, 0.1) is 5.82 Å². The first-order valence-electron chi connectivity index (χ1n) is 6.57. The van der Waals surface area contributed by atoms with Crippen molar-refractivity contribution in [3.05, 3.63) is 54.2 Å². The summed E-state index contributed by atoms with van der Waals surface area (Å²) in [6.07, 6.45) is 3.13. The molecule has 0 saturated heterocycles. The second-order valence-electron chi connectivity index (χ2n) is 4.46. The van der Waals surface area contributed by atoms with Gasteiger partial charge in [0.1, 0.15) is 5.82 Å². The third-order valence-electron chi connectivity index (χ3n) is 2.94. The third kappa shape index (κ3) is 3.17. The molecule has 2 aromatic heterocycles. The van der Waals surface area contributed by atoms with Crippen LogP contribution in [-0.4, -0.2) is 32.6 Å². The molecule has 8 heteroatoms. The Morgan fingerprint density at radius 2 is 1.95 bits per heavy atom. The number of hydrogen-bond donors (Lipinski definition) is 1. The van der Waals surface area contributed by atoms with Crippen LogP contribution in [0.4, 0.5) is 4.39 Å². The molecule has 7 nitrogen and oxygen atoms in total. The van der Waals surface area contributed by atoms with Crippen molar-refractivity contribution < 1.29 is 13.7 Å². The van der Waals surface area contributed by atoms with E-state index in [2.05, 4.69) is 20.7 Å². The standard InChI is InChI=1S/C14H12FN5O2/c15-11-3-1-10(2-4-11)13-9-12(19-22-13)14(21)16-7-8-20-17-5-6-18-20/h1-6,9H,7-8H2,(H,16,21). The summed E-state index contributed by atoms with van der Waals surface area (Å²) < 4.78 is 18.0. The van der Waals surface area contributed by atoms with Crippen molar-refractivity contribution in [1.82, 2.24) is 25.5 Å². The number of hydrogen-bond acceptors (Lipinski definition) is 5. The molecule has 3 aromatic rings. The molecule has 0 aliphatic heterocycles. The van der Waals surface area contributed by atoms with Crippen LogP contribution in [0.15, 0.2) is 47.2 Å². The Bertz CT molecular complexity index is 752. The van der Waals surface area contributed by atoms with Gasteiger partial charge in [-0.3, -0.25) is 4.79 Å². The van der Waals surface area contributed by atoms with Crippen LogP contribution >= 0.6 is 0 Å². The van der Waals surface area contributed by atoms with Crippen molar-refractivity contribution in [3.8, 4) is 11.3 Å². The van der Waals surface area contributed by atoms with Gasteiger partial charge in [-0.15, -0.1) is 0 Å². The zero-order chi connectivity index (χ0) is 15.4. The molecule has 0 spiro atoms. The largest absolute Gasteiger partial charge is 0.355 e. The molecule has 22 heavy (non-hydrogen) atoms. The van der Waals surface area contributed by atoms with Crippen molar-refractivity contribution in [2.45, 2.75) is 6.54 Å². The lowest BCUT2D eigenvalue weighted by molar-refractivity contribution is 0.0942. The molecule has 1 aromatic carbocycles. The highest BCUT2D eigenvalue weighted by Gasteiger charge is 2.13. The maximum absolute atomic E-state index is 12.9. The summed E-state index contributed by atoms with van der Waals surface area (Å²) in [4.78, 5) is 13.4. The number of carbonyl (C=O) groups is 1. The minimum atomic E-state index is -0.357. The van der Waals surface area contributed by atoms with Gasteiger partial charge < -0.3 is 9.84 Å². The Morgan fingerprint density at radius 1 is 1.23 bits per heavy atom. The Balaban J connectivity index is 1.60. The van der Waals surface area contributed by atoms with E-state index in [1.165, 1.54) is 23.0 Å². The molecule has 0 unspecified atom stereocenters. The highest BCUT2D eigenvalue weighted by atomic mass is 19.1. The van der Waals surface area contributed by atoms with Crippen LogP contribution < -0.4 is 5.32 Å². The summed E-state index contributed by atoms with van der Waals surface area (Å²) in [7, 11) is 0. The number of nitrogens with one attached hydrogen (secondary N) is 1. The van der Waals surface area contributed by atoms with Gasteiger partial charge in [-0.25, -0.2) is 4.39 Å². The SMILES string of the molecule is O=C(NCCn1nccn1)c1cc(-c2ccc(F)cc2)on1. The normalized spacial score (nSPS) is 10.6. The number of amides is 1. The first-order chi connectivity index (χ1) is 10.7. The van der Waals surface area contributed by atoms with Crippen LogP contribution in [-0.2, 0) is 6.54 Å². The summed E-state index contributed by atoms with van der Waals surface area (Å²) >= 11 is 0. The van der Waals surface area contributed by atoms with Crippen molar-refractivity contribution in [2.75, 3.05) is 6.54 Å². The zero-order valence-corrected chi connectivity index (χ0v) is 11.4. The number of aromatic nitrogens is 4. The summed E-state index contributed by atoms with van der Waals surface area (Å²) in [6, 6.07) is 7.25. The molecule has 0 radical (unpaired) electrons. The number of carbonyl (C=O) groups excluding carboxylic acids is 1. The highest BCUT2D eigenvalue weighted by Crippen LogP contribution is 2.20. The molecule has 3 rings (SSSR count). The molecule has 0 aliphatic carbocycles. The Kier molecular flexibility index (Phi) is 3.90. The maximum atomic E-state index is 12.9. The molecular formula is C14H12FN5O2. The fourth-order valence-corrected chi connectivity index (χ4v) is 1.85. The monoisotopic (exact) mass is 301 g/mol. The van der Waals surface area contributed by atoms with Gasteiger partial charge in [0.2, 0.25) is 0 Å². The average molecular weight is 301 g/mol. The molecule has 0 atom stereocenters. The van der Waals surface area contributed by atoms with Crippen LogP contribution in [0.1, 0.15) is 10.5 Å². The second-order valence-corrected chi connectivity index (χ2v) is 4.46. The summed E-state index contributed by atoms with van der Waals surface area (Å²) in [5.41, 5.74) is 0.807. The molecule has 112 valence electrons. The molecule has 0 aliphatic rings. The van der Waals surface area contributed by atoms with Gasteiger partial charge in [-0.05, 0) is 24.3 Å². The van der Waals surface area contributed by atoms with Crippen molar-refractivity contribution in [3.63, 3.8) is 0 Å². The Labute approximate surface area is 124 Å². The minimum absolute atomic E-state index is 0.160. The lowest BCUT2D eigenvalue weighted by Crippen LogP contribution is -2.28. The van der Waals surface area contributed by atoms with E-state index in [9.17, 15) is 9.18 Å². The predicted octanol–water partition coefficient (Wildman–Crippen LogP) is 1.50. The smallest absolute Gasteiger partial charge is 0.273 e. The van der Waals surface area contributed by atoms with E-state index in [-0.39, 0.29) is 17.4 Å². The van der Waals surface area contributed by atoms with Gasteiger partial charge >= 0.3 is 0 Å². The van der Waals surface area contributed by atoms with Gasteiger partial charge in [0.25, 0.3) is 5.91 Å². The topological polar surface area (TPSA) is 85.8 Å². The van der Waals surface area contributed by atoms with Crippen molar-refractivity contribution >= 4 is 5.91 Å². The first kappa shape index (κ1) is 13.9. The second kappa shape index (κ2) is 6.17. The van der Waals surface area contributed by atoms with Crippen LogP contribution in [0.5, 0.6) is 0 Å². The van der Waals surface area contributed by atoms with E-state index < -0.39 is 0 Å². The van der Waals surface area contributed by atoms with Crippen molar-refractivity contribution in [1.29, 1.82) is 0 Å². The molecule has 0 fully saturated rings. The molecule has 2 heterocycles. The summed E-state index contributed by atoms with van der Waals surface area (Å²) in [5.74, 6) is -0.295. The van der Waals surface area contributed by atoms with Gasteiger partial charge in [-0.2, -0.15) is 15.0 Å². The van der Waals surface area contributed by atoms with E-state index >= 15 is 0 Å². The summed E-state index contributed by atoms with van der Waals surface area (Å²) in [6.45, 7) is 0.827. The lowest BCUT2D eigenvalue weighted by atomic mass is 10.1. The zero-order valence-electron chi connectivity index (χ0n) is 11.4. The average Bonchev–Trinajstić information content (AvgIpc) is 3.19. The molecule has 0 saturated carbocycles. The minimum Gasteiger partial charge on any atom is -0.355 e. The van der Waals surface area contributed by atoms with E-state index in [0.29, 0.717) is 24.4 Å². The number of nitrogens with zero attached hydrogens (tertiary/aromatic N) is 4. The van der Waals surface area contributed by atoms with Gasteiger partial charge in [0.15, 0.2) is 11.5 Å². The number of rotatable bonds is 5. The quantitative estimate of drug-likeness (QED) is 0.772. The number of halogens is 1. The van der Waals surface area contributed by atoms with E-state index in [1.807, 2.05) is 0 Å². The predicted molar refractivity (Wildman–Crippen MR) is 74.3 cm³/mol. The van der Waals surface area contributed by atoms with Gasteiger partial charge in [0.05, 0.1) is 18.9 Å².